The van der Waals surface area contributed by atoms with Crippen molar-refractivity contribution < 1.29 is 31.1 Å². The summed E-state index contributed by atoms with van der Waals surface area (Å²) >= 11 is 5.93. The quantitative estimate of drug-likeness (QED) is 0.217. The van der Waals surface area contributed by atoms with Crippen molar-refractivity contribution in [2.75, 3.05) is 13.1 Å². The Balaban J connectivity index is 1.50. The maximum atomic E-state index is 13.5. The number of aryl methyl sites for hydroxylation is 1. The molecule has 0 spiro atoms. The molecule has 2 atom stereocenters. The monoisotopic (exact) mass is 582 g/mol. The van der Waals surface area contributed by atoms with E-state index in [1.54, 1.807) is 0 Å². The highest BCUT2D eigenvalue weighted by molar-refractivity contribution is 6.30. The normalized spacial score (nSPS) is 18.1. The summed E-state index contributed by atoms with van der Waals surface area (Å²) in [7, 11) is 0. The van der Waals surface area contributed by atoms with Crippen LogP contribution in [-0.4, -0.2) is 36.0 Å². The van der Waals surface area contributed by atoms with Crippen LogP contribution < -0.4 is 5.32 Å². The smallest absolute Gasteiger partial charge is 0.335 e. The Morgan fingerprint density at radius 2 is 1.50 bits per heavy atom. The number of hydrogen-bond donors (Lipinski definition) is 1. The molecule has 1 aliphatic heterocycles. The Labute approximate surface area is 234 Å². The van der Waals surface area contributed by atoms with E-state index in [2.05, 4.69) is 5.32 Å². The van der Waals surface area contributed by atoms with Crippen LogP contribution in [0.3, 0.4) is 0 Å². The summed E-state index contributed by atoms with van der Waals surface area (Å²) in [5.41, 5.74) is -1.53. The molecule has 3 aromatic carbocycles. The summed E-state index contributed by atoms with van der Waals surface area (Å²) in [4.78, 5) is 14.9. The number of rotatable bonds is 8. The number of piperidine rings is 1. The molecule has 1 heterocycles. The summed E-state index contributed by atoms with van der Waals surface area (Å²) in [6, 6.07) is 17.7. The highest BCUT2D eigenvalue weighted by Gasteiger charge is 2.39. The predicted molar refractivity (Wildman–Crippen MR) is 142 cm³/mol. The zero-order valence-electron chi connectivity index (χ0n) is 21.5. The largest absolute Gasteiger partial charge is 0.416 e. The Kier molecular flexibility index (Phi) is 9.46. The van der Waals surface area contributed by atoms with E-state index in [0.29, 0.717) is 36.4 Å². The molecule has 0 unspecified atom stereocenters. The molecule has 4 rings (SSSR count). The van der Waals surface area contributed by atoms with Gasteiger partial charge in [-0.25, -0.2) is 0 Å². The lowest BCUT2D eigenvalue weighted by atomic mass is 9.91. The number of hydrogen-bond acceptors (Lipinski definition) is 2. The highest BCUT2D eigenvalue weighted by atomic mass is 35.5. The average Bonchev–Trinajstić information content (AvgIpc) is 2.91. The van der Waals surface area contributed by atoms with Crippen molar-refractivity contribution in [1.82, 2.24) is 10.2 Å². The lowest BCUT2D eigenvalue weighted by Gasteiger charge is -2.40. The Hall–Kier alpha value is -3.04. The second kappa shape index (κ2) is 12.6. The second-order valence-corrected chi connectivity index (χ2v) is 10.5. The lowest BCUT2D eigenvalue weighted by molar-refractivity contribution is -0.143. The first kappa shape index (κ1) is 29.9. The number of benzene rings is 3. The van der Waals surface area contributed by atoms with E-state index in [1.165, 1.54) is 4.90 Å². The molecule has 0 saturated carbocycles. The topological polar surface area (TPSA) is 32.3 Å². The molecule has 0 bridgehead atoms. The van der Waals surface area contributed by atoms with Gasteiger partial charge in [-0.1, -0.05) is 54.1 Å². The minimum atomic E-state index is -5.03. The van der Waals surface area contributed by atoms with Crippen molar-refractivity contribution in [3.05, 3.63) is 106 Å². The third-order valence-corrected chi connectivity index (χ3v) is 7.37. The molecule has 3 aromatic rings. The molecule has 0 aliphatic carbocycles. The van der Waals surface area contributed by atoms with Crippen molar-refractivity contribution in [1.29, 1.82) is 0 Å². The van der Waals surface area contributed by atoms with E-state index in [1.807, 2.05) is 54.6 Å². The first-order valence-electron chi connectivity index (χ1n) is 13.0. The van der Waals surface area contributed by atoms with Gasteiger partial charge >= 0.3 is 12.4 Å². The zero-order chi connectivity index (χ0) is 28.9. The lowest BCUT2D eigenvalue weighted by Crippen LogP contribution is -2.52. The van der Waals surface area contributed by atoms with E-state index in [0.717, 1.165) is 30.5 Å². The molecule has 1 saturated heterocycles. The van der Waals surface area contributed by atoms with E-state index in [-0.39, 0.29) is 18.7 Å². The minimum Gasteiger partial charge on any atom is -0.335 e. The summed E-state index contributed by atoms with van der Waals surface area (Å²) in [5.74, 6) is -0.835. The van der Waals surface area contributed by atoms with Crippen LogP contribution in [0.15, 0.2) is 72.8 Å². The maximum Gasteiger partial charge on any atom is 0.416 e. The first-order valence-corrected chi connectivity index (χ1v) is 13.4. The molecular weight excluding hydrogens is 554 g/mol. The number of likely N-dealkylation sites (tertiary alicyclic amines) is 1. The molecular formula is C30H29ClF6N2O. The standard InChI is InChI=1S/C30H29ClF6N2O/c31-25-10-8-20(9-11-25)7-4-13-38-26-12-14-39(27(19-26)15-21-5-2-1-3-6-21)28(40)22-16-23(29(32,33)34)18-24(17-22)30(35,36)37/h1-3,5-6,8-11,16-18,26-27,38H,4,7,12-15,19H2/t26-,27-/m0/s1. The number of nitrogens with one attached hydrogen (secondary N) is 1. The van der Waals surface area contributed by atoms with Gasteiger partial charge < -0.3 is 10.2 Å². The van der Waals surface area contributed by atoms with Gasteiger partial charge in [0, 0.05) is 29.2 Å². The van der Waals surface area contributed by atoms with Gasteiger partial charge in [0.2, 0.25) is 0 Å². The fourth-order valence-electron chi connectivity index (χ4n) is 5.08. The Bertz CT molecular complexity index is 1250. The Morgan fingerprint density at radius 1 is 0.875 bits per heavy atom. The summed E-state index contributed by atoms with van der Waals surface area (Å²) < 4.78 is 80.5. The van der Waals surface area contributed by atoms with Gasteiger partial charge in [0.05, 0.1) is 11.1 Å². The van der Waals surface area contributed by atoms with Crippen LogP contribution in [0.1, 0.15) is 51.9 Å². The van der Waals surface area contributed by atoms with Gasteiger partial charge in [-0.05, 0) is 80.1 Å². The van der Waals surface area contributed by atoms with Gasteiger partial charge in [0.1, 0.15) is 0 Å². The predicted octanol–water partition coefficient (Wildman–Crippen LogP) is 7.82. The van der Waals surface area contributed by atoms with Gasteiger partial charge in [-0.15, -0.1) is 0 Å². The minimum absolute atomic E-state index is 0.0401. The average molecular weight is 583 g/mol. The molecule has 1 amide bonds. The number of amides is 1. The van der Waals surface area contributed by atoms with Crippen LogP contribution in [-0.2, 0) is 25.2 Å². The van der Waals surface area contributed by atoms with Crippen LogP contribution in [0.25, 0.3) is 0 Å². The van der Waals surface area contributed by atoms with Crippen LogP contribution >= 0.6 is 11.6 Å². The van der Waals surface area contributed by atoms with Crippen molar-refractivity contribution in [3.8, 4) is 0 Å². The summed E-state index contributed by atoms with van der Waals surface area (Å²) in [6.07, 6.45) is -6.84. The maximum absolute atomic E-state index is 13.5. The molecule has 214 valence electrons. The molecule has 0 aromatic heterocycles. The summed E-state index contributed by atoms with van der Waals surface area (Å²) in [5, 5.41) is 4.19. The first-order chi connectivity index (χ1) is 18.9. The number of alkyl halides is 6. The van der Waals surface area contributed by atoms with Crippen molar-refractivity contribution in [2.24, 2.45) is 0 Å². The van der Waals surface area contributed by atoms with Crippen LogP contribution in [0.2, 0.25) is 5.02 Å². The van der Waals surface area contributed by atoms with Gasteiger partial charge in [0.25, 0.3) is 5.91 Å². The molecule has 1 fully saturated rings. The highest BCUT2D eigenvalue weighted by Crippen LogP contribution is 2.37. The molecule has 1 N–H and O–H groups in total. The van der Waals surface area contributed by atoms with Crippen molar-refractivity contribution in [2.45, 2.75) is 56.5 Å². The van der Waals surface area contributed by atoms with Crippen molar-refractivity contribution >= 4 is 17.5 Å². The third kappa shape index (κ3) is 8.01. The fraction of sp³-hybridized carbons (Fsp3) is 0.367. The van der Waals surface area contributed by atoms with E-state index >= 15 is 0 Å². The molecule has 0 radical (unpaired) electrons. The van der Waals surface area contributed by atoms with Crippen LogP contribution in [0, 0.1) is 0 Å². The second-order valence-electron chi connectivity index (χ2n) is 10.0. The van der Waals surface area contributed by atoms with Gasteiger partial charge in [-0.3, -0.25) is 4.79 Å². The number of carbonyl (C=O) groups excluding carboxylic acids is 1. The van der Waals surface area contributed by atoms with Gasteiger partial charge in [-0.2, -0.15) is 26.3 Å². The molecule has 10 heteroatoms. The summed E-state index contributed by atoms with van der Waals surface area (Å²) in [6.45, 7) is 0.935. The van der Waals surface area contributed by atoms with Crippen molar-refractivity contribution in [3.63, 3.8) is 0 Å². The van der Waals surface area contributed by atoms with Gasteiger partial charge in [0.15, 0.2) is 0 Å². The number of nitrogens with zero attached hydrogens (tertiary/aromatic N) is 1. The third-order valence-electron chi connectivity index (χ3n) is 7.11. The molecule has 3 nitrogen and oxygen atoms in total. The fourth-order valence-corrected chi connectivity index (χ4v) is 5.20. The number of carbonyl (C=O) groups is 1. The SMILES string of the molecule is O=C(c1cc(C(F)(F)F)cc(C(F)(F)F)c1)N1CC[C@H](NCCCc2ccc(Cl)cc2)C[C@@H]1Cc1ccccc1. The Morgan fingerprint density at radius 3 is 2.10 bits per heavy atom. The zero-order valence-corrected chi connectivity index (χ0v) is 22.3. The van der Waals surface area contributed by atoms with E-state index in [9.17, 15) is 31.1 Å². The molecule has 1 aliphatic rings. The molecule has 40 heavy (non-hydrogen) atoms. The van der Waals surface area contributed by atoms with E-state index < -0.39 is 41.0 Å². The van der Waals surface area contributed by atoms with Crippen LogP contribution in [0.4, 0.5) is 26.3 Å². The van der Waals surface area contributed by atoms with E-state index in [4.69, 9.17) is 11.6 Å². The number of halogens is 7. The van der Waals surface area contributed by atoms with Crippen LogP contribution in [0.5, 0.6) is 0 Å².